The van der Waals surface area contributed by atoms with Crippen LogP contribution in [0, 0.1) is 17.8 Å². The molecular formula is C27H37N3O4. The van der Waals surface area contributed by atoms with E-state index in [1.165, 1.54) is 32.1 Å². The Hall–Kier alpha value is -2.54. The highest BCUT2D eigenvalue weighted by atomic mass is 16.5. The van der Waals surface area contributed by atoms with Crippen molar-refractivity contribution in [2.24, 2.45) is 17.8 Å². The molecule has 4 aliphatic rings. The second-order valence-electron chi connectivity index (χ2n) is 11.0. The number of amides is 1. The van der Waals surface area contributed by atoms with Crippen LogP contribution < -0.4 is 15.6 Å². The first-order chi connectivity index (χ1) is 16.4. The van der Waals surface area contributed by atoms with Crippen LogP contribution in [-0.2, 0) is 6.54 Å². The number of piperidine rings is 2. The van der Waals surface area contributed by atoms with Crippen molar-refractivity contribution >= 4 is 16.8 Å². The number of nitrogens with one attached hydrogen (secondary N) is 1. The monoisotopic (exact) mass is 467 g/mol. The van der Waals surface area contributed by atoms with E-state index in [4.69, 9.17) is 4.74 Å². The molecule has 2 N–H and O–H groups in total. The molecule has 0 atom stereocenters. The maximum Gasteiger partial charge on any atom is 0.267 e. The third-order valence-corrected chi connectivity index (χ3v) is 8.13. The second-order valence-corrected chi connectivity index (χ2v) is 11.0. The molecule has 0 spiro atoms. The lowest BCUT2D eigenvalue weighted by atomic mass is 9.63. The average Bonchev–Trinajstić information content (AvgIpc) is 2.80. The molecule has 1 amide bonds. The number of rotatable bonds is 8. The zero-order chi connectivity index (χ0) is 24.0. The van der Waals surface area contributed by atoms with E-state index in [0.29, 0.717) is 29.7 Å². The molecule has 2 saturated carbocycles. The number of carbonyl (C=O) groups is 1. The van der Waals surface area contributed by atoms with Gasteiger partial charge < -0.3 is 19.7 Å². The van der Waals surface area contributed by atoms with Crippen molar-refractivity contribution in [2.75, 3.05) is 20.2 Å². The molecule has 1 aromatic heterocycles. The molecule has 34 heavy (non-hydrogen) atoms. The fourth-order valence-electron chi connectivity index (χ4n) is 6.84. The first-order valence-corrected chi connectivity index (χ1v) is 12.8. The Morgan fingerprint density at radius 2 is 1.82 bits per heavy atom. The SMILES string of the molecule is COc1ccc2c(c1)c(O)c(C(=O)NCCCN1C3CC4CC(C3)CC1C4)c(=O)n2CC(C)C. The standard InChI is InChI=1S/C27H37N3O4/c1-16(2)15-30-23-6-5-21(34-3)14-22(23)25(31)24(27(30)33)26(32)28-7-4-8-29-19-10-17-9-18(12-19)13-20(29)11-17/h5-6,14,16-20,31H,4,7-13,15H2,1-3H3,(H,28,32). The summed E-state index contributed by atoms with van der Waals surface area (Å²) in [7, 11) is 1.55. The molecule has 7 nitrogen and oxygen atoms in total. The molecule has 2 aromatic rings. The van der Waals surface area contributed by atoms with Gasteiger partial charge in [0, 0.05) is 37.1 Å². The van der Waals surface area contributed by atoms with Crippen LogP contribution >= 0.6 is 0 Å². The van der Waals surface area contributed by atoms with E-state index < -0.39 is 11.5 Å². The van der Waals surface area contributed by atoms with Crippen LogP contribution in [0.4, 0.5) is 0 Å². The lowest BCUT2D eigenvalue weighted by molar-refractivity contribution is -0.0587. The number of aromatic hydroxyl groups is 1. The van der Waals surface area contributed by atoms with Crippen molar-refractivity contribution in [3.05, 3.63) is 34.1 Å². The van der Waals surface area contributed by atoms with Gasteiger partial charge in [0.05, 0.1) is 12.6 Å². The van der Waals surface area contributed by atoms with Crippen molar-refractivity contribution in [1.29, 1.82) is 0 Å². The number of nitrogens with zero attached hydrogens (tertiary/aromatic N) is 2. The zero-order valence-corrected chi connectivity index (χ0v) is 20.5. The number of carbonyl (C=O) groups excluding carboxylic acids is 1. The van der Waals surface area contributed by atoms with Gasteiger partial charge in [-0.3, -0.25) is 14.5 Å². The highest BCUT2D eigenvalue weighted by Gasteiger charge is 2.46. The smallest absolute Gasteiger partial charge is 0.267 e. The quantitative estimate of drug-likeness (QED) is 0.578. The molecule has 2 aliphatic carbocycles. The molecule has 1 aromatic carbocycles. The van der Waals surface area contributed by atoms with Crippen LogP contribution in [-0.4, -0.2) is 52.8 Å². The molecule has 4 bridgehead atoms. The first kappa shape index (κ1) is 23.2. The molecular weight excluding hydrogens is 430 g/mol. The number of benzene rings is 1. The van der Waals surface area contributed by atoms with Gasteiger partial charge in [-0.05, 0) is 74.5 Å². The first-order valence-electron chi connectivity index (χ1n) is 12.8. The molecule has 0 radical (unpaired) electrons. The molecule has 2 saturated heterocycles. The van der Waals surface area contributed by atoms with Crippen molar-refractivity contribution in [1.82, 2.24) is 14.8 Å². The summed E-state index contributed by atoms with van der Waals surface area (Å²) in [5, 5.41) is 14.3. The van der Waals surface area contributed by atoms with E-state index in [-0.39, 0.29) is 17.2 Å². The highest BCUT2D eigenvalue weighted by Crippen LogP contribution is 2.49. The van der Waals surface area contributed by atoms with Crippen molar-refractivity contribution in [2.45, 2.75) is 71.0 Å². The van der Waals surface area contributed by atoms with Gasteiger partial charge in [0.2, 0.25) is 0 Å². The fourth-order valence-corrected chi connectivity index (χ4v) is 6.84. The van der Waals surface area contributed by atoms with Gasteiger partial charge in [0.25, 0.3) is 11.5 Å². The fraction of sp³-hybridized carbons (Fsp3) is 0.630. The van der Waals surface area contributed by atoms with Crippen LogP contribution in [0.3, 0.4) is 0 Å². The molecule has 2 aliphatic heterocycles. The van der Waals surface area contributed by atoms with Gasteiger partial charge in [-0.2, -0.15) is 0 Å². The number of pyridine rings is 1. The molecule has 4 fully saturated rings. The van der Waals surface area contributed by atoms with Gasteiger partial charge >= 0.3 is 0 Å². The Balaban J connectivity index is 1.31. The highest BCUT2D eigenvalue weighted by molar-refractivity contribution is 6.02. The van der Waals surface area contributed by atoms with Gasteiger partial charge in [-0.1, -0.05) is 13.8 Å². The van der Waals surface area contributed by atoms with Crippen molar-refractivity contribution < 1.29 is 14.6 Å². The van der Waals surface area contributed by atoms with E-state index in [1.54, 1.807) is 29.9 Å². The van der Waals surface area contributed by atoms with Crippen LogP contribution in [0.2, 0.25) is 0 Å². The van der Waals surface area contributed by atoms with Crippen LogP contribution in [0.25, 0.3) is 10.9 Å². The van der Waals surface area contributed by atoms with Crippen molar-refractivity contribution in [3.63, 3.8) is 0 Å². The lowest BCUT2D eigenvalue weighted by Gasteiger charge is -2.56. The average molecular weight is 468 g/mol. The topological polar surface area (TPSA) is 83.8 Å². The minimum Gasteiger partial charge on any atom is -0.506 e. The summed E-state index contributed by atoms with van der Waals surface area (Å²) in [5.74, 6) is 1.85. The number of hydrogen-bond acceptors (Lipinski definition) is 5. The number of fused-ring (bicyclic) bond motifs is 1. The Bertz CT molecular complexity index is 1110. The molecule has 0 unspecified atom stereocenters. The summed E-state index contributed by atoms with van der Waals surface area (Å²) in [6.45, 7) is 5.97. The maximum atomic E-state index is 13.3. The van der Waals surface area contributed by atoms with E-state index >= 15 is 0 Å². The molecule has 6 rings (SSSR count). The third-order valence-electron chi connectivity index (χ3n) is 8.13. The van der Waals surface area contributed by atoms with Crippen LogP contribution in [0.15, 0.2) is 23.0 Å². The van der Waals surface area contributed by atoms with Crippen LogP contribution in [0.5, 0.6) is 11.5 Å². The number of methoxy groups -OCH3 is 1. The van der Waals surface area contributed by atoms with E-state index in [1.807, 2.05) is 13.8 Å². The van der Waals surface area contributed by atoms with Crippen LogP contribution in [0.1, 0.15) is 62.7 Å². The summed E-state index contributed by atoms with van der Waals surface area (Å²) in [5.41, 5.74) is -0.0364. The van der Waals surface area contributed by atoms with Crippen molar-refractivity contribution in [3.8, 4) is 11.5 Å². The molecule has 3 heterocycles. The predicted octanol–water partition coefficient (Wildman–Crippen LogP) is 3.75. The van der Waals surface area contributed by atoms with Gasteiger partial charge in [0.15, 0.2) is 0 Å². The second kappa shape index (κ2) is 9.25. The molecule has 184 valence electrons. The summed E-state index contributed by atoms with van der Waals surface area (Å²) < 4.78 is 6.89. The number of aromatic nitrogens is 1. The van der Waals surface area contributed by atoms with Gasteiger partial charge in [-0.15, -0.1) is 0 Å². The summed E-state index contributed by atoms with van der Waals surface area (Å²) in [4.78, 5) is 29.0. The summed E-state index contributed by atoms with van der Waals surface area (Å²) >= 11 is 0. The Kier molecular flexibility index (Phi) is 6.32. The lowest BCUT2D eigenvalue weighted by Crippen LogP contribution is -2.58. The Labute approximate surface area is 201 Å². The molecule has 7 heteroatoms. The van der Waals surface area contributed by atoms with E-state index in [2.05, 4.69) is 10.2 Å². The third kappa shape index (κ3) is 4.19. The largest absolute Gasteiger partial charge is 0.506 e. The summed E-state index contributed by atoms with van der Waals surface area (Å²) in [6.07, 6.45) is 7.63. The van der Waals surface area contributed by atoms with Gasteiger partial charge in [0.1, 0.15) is 17.1 Å². The maximum absolute atomic E-state index is 13.3. The predicted molar refractivity (Wildman–Crippen MR) is 133 cm³/mol. The Morgan fingerprint density at radius 3 is 2.44 bits per heavy atom. The number of hydrogen-bond donors (Lipinski definition) is 2. The van der Waals surface area contributed by atoms with Gasteiger partial charge in [-0.25, -0.2) is 0 Å². The minimum atomic E-state index is -0.509. The normalized spacial score (nSPS) is 25.9. The van der Waals surface area contributed by atoms with E-state index in [9.17, 15) is 14.7 Å². The number of ether oxygens (including phenoxy) is 1. The summed E-state index contributed by atoms with van der Waals surface area (Å²) in [6, 6.07) is 6.64. The Morgan fingerprint density at radius 1 is 1.15 bits per heavy atom. The van der Waals surface area contributed by atoms with E-state index in [0.717, 1.165) is 36.9 Å². The zero-order valence-electron chi connectivity index (χ0n) is 20.5. The minimum absolute atomic E-state index is 0.184.